The highest BCUT2D eigenvalue weighted by Gasteiger charge is 2.30. The van der Waals surface area contributed by atoms with Crippen molar-refractivity contribution >= 4 is 28.9 Å². The molecule has 0 aliphatic carbocycles. The van der Waals surface area contributed by atoms with Crippen LogP contribution in [0.5, 0.6) is 0 Å². The molecule has 1 aromatic rings. The number of morpholine rings is 1. The molecule has 1 aromatic heterocycles. The fourth-order valence-corrected chi connectivity index (χ4v) is 3.41. The Labute approximate surface area is 128 Å². The molecular formula is C15H17N3O2S. The van der Waals surface area contributed by atoms with Crippen LogP contribution in [-0.4, -0.2) is 46.3 Å². The second kappa shape index (κ2) is 5.99. The lowest BCUT2D eigenvalue weighted by atomic mass is 10.2. The van der Waals surface area contributed by atoms with E-state index in [4.69, 9.17) is 4.74 Å². The predicted molar refractivity (Wildman–Crippen MR) is 83.8 cm³/mol. The average molecular weight is 303 g/mol. The molecule has 0 spiro atoms. The van der Waals surface area contributed by atoms with E-state index in [-0.39, 0.29) is 18.1 Å². The zero-order valence-electron chi connectivity index (χ0n) is 12.0. The van der Waals surface area contributed by atoms with Gasteiger partial charge in [-0.15, -0.1) is 0 Å². The summed E-state index contributed by atoms with van der Waals surface area (Å²) in [5, 5.41) is 0.780. The molecule has 0 bridgehead atoms. The van der Waals surface area contributed by atoms with Crippen LogP contribution in [0.25, 0.3) is 6.08 Å². The van der Waals surface area contributed by atoms with Crippen LogP contribution in [0.15, 0.2) is 34.4 Å². The van der Waals surface area contributed by atoms with E-state index in [2.05, 4.69) is 14.9 Å². The number of aromatic nitrogens is 1. The molecule has 1 fully saturated rings. The van der Waals surface area contributed by atoms with Crippen LogP contribution in [0.3, 0.4) is 0 Å². The van der Waals surface area contributed by atoms with Gasteiger partial charge in [0.1, 0.15) is 0 Å². The third kappa shape index (κ3) is 3.33. The Morgan fingerprint density at radius 3 is 2.62 bits per heavy atom. The Bertz CT molecular complexity index is 590. The largest absolute Gasteiger partial charge is 0.372 e. The van der Waals surface area contributed by atoms with Crippen LogP contribution < -0.4 is 0 Å². The van der Waals surface area contributed by atoms with Gasteiger partial charge in [-0.3, -0.25) is 9.78 Å². The number of nitrogens with zero attached hydrogens (tertiary/aromatic N) is 3. The molecule has 6 heteroatoms. The van der Waals surface area contributed by atoms with Crippen LogP contribution >= 0.6 is 11.8 Å². The Hall–Kier alpha value is -1.66. The summed E-state index contributed by atoms with van der Waals surface area (Å²) in [5.41, 5.74) is 0.959. The normalized spacial score (nSPS) is 28.1. The Morgan fingerprint density at radius 2 is 1.95 bits per heavy atom. The molecule has 0 unspecified atom stereocenters. The summed E-state index contributed by atoms with van der Waals surface area (Å²) in [4.78, 5) is 23.0. The van der Waals surface area contributed by atoms with Gasteiger partial charge in [0.15, 0.2) is 5.17 Å². The van der Waals surface area contributed by atoms with Crippen molar-refractivity contribution in [3.8, 4) is 0 Å². The first-order chi connectivity index (χ1) is 10.1. The van der Waals surface area contributed by atoms with Crippen molar-refractivity contribution in [1.29, 1.82) is 0 Å². The van der Waals surface area contributed by atoms with Crippen LogP contribution in [0, 0.1) is 0 Å². The smallest absolute Gasteiger partial charge is 0.286 e. The fraction of sp³-hybridized carbons (Fsp3) is 0.400. The third-order valence-corrected chi connectivity index (χ3v) is 4.35. The molecule has 2 aliphatic rings. The maximum atomic E-state index is 12.0. The van der Waals surface area contributed by atoms with E-state index < -0.39 is 0 Å². The number of hydrogen-bond donors (Lipinski definition) is 0. The van der Waals surface area contributed by atoms with Gasteiger partial charge in [0.2, 0.25) is 0 Å². The van der Waals surface area contributed by atoms with Gasteiger partial charge in [0, 0.05) is 25.5 Å². The van der Waals surface area contributed by atoms with Gasteiger partial charge in [0.05, 0.1) is 17.1 Å². The van der Waals surface area contributed by atoms with Gasteiger partial charge in [-0.1, -0.05) is 0 Å². The van der Waals surface area contributed by atoms with E-state index in [1.54, 1.807) is 12.4 Å². The van der Waals surface area contributed by atoms with E-state index in [1.165, 1.54) is 11.8 Å². The van der Waals surface area contributed by atoms with Crippen LogP contribution in [0.4, 0.5) is 0 Å². The van der Waals surface area contributed by atoms with E-state index in [1.807, 2.05) is 32.1 Å². The second-order valence-corrected chi connectivity index (χ2v) is 6.26. The first kappa shape index (κ1) is 14.3. The van der Waals surface area contributed by atoms with Crippen molar-refractivity contribution in [1.82, 2.24) is 9.88 Å². The number of pyridine rings is 1. The zero-order valence-corrected chi connectivity index (χ0v) is 12.8. The molecule has 0 radical (unpaired) electrons. The number of amidine groups is 1. The molecule has 0 saturated carbocycles. The number of rotatable bonds is 1. The first-order valence-electron chi connectivity index (χ1n) is 6.95. The zero-order chi connectivity index (χ0) is 14.8. The minimum Gasteiger partial charge on any atom is -0.372 e. The molecule has 1 amide bonds. The van der Waals surface area contributed by atoms with Crippen molar-refractivity contribution in [2.24, 2.45) is 4.99 Å². The topological polar surface area (TPSA) is 54.8 Å². The highest BCUT2D eigenvalue weighted by Crippen LogP contribution is 2.31. The molecule has 3 heterocycles. The van der Waals surface area contributed by atoms with Crippen LogP contribution in [-0.2, 0) is 9.53 Å². The van der Waals surface area contributed by atoms with Crippen molar-refractivity contribution in [2.45, 2.75) is 26.1 Å². The molecule has 110 valence electrons. The van der Waals surface area contributed by atoms with Crippen molar-refractivity contribution < 1.29 is 9.53 Å². The molecule has 2 aliphatic heterocycles. The van der Waals surface area contributed by atoms with E-state index in [9.17, 15) is 4.79 Å². The van der Waals surface area contributed by atoms with Crippen molar-refractivity contribution in [3.05, 3.63) is 35.0 Å². The lowest BCUT2D eigenvalue weighted by Crippen LogP contribution is -2.47. The van der Waals surface area contributed by atoms with Gasteiger partial charge in [-0.25, -0.2) is 0 Å². The number of aliphatic imine (C=N–C) groups is 1. The summed E-state index contributed by atoms with van der Waals surface area (Å²) in [5.74, 6) is -0.168. The minimum absolute atomic E-state index is 0.153. The average Bonchev–Trinajstić information content (AvgIpc) is 2.80. The van der Waals surface area contributed by atoms with Crippen molar-refractivity contribution in [2.75, 3.05) is 13.1 Å². The van der Waals surface area contributed by atoms with Crippen LogP contribution in [0.1, 0.15) is 19.4 Å². The van der Waals surface area contributed by atoms with Gasteiger partial charge >= 0.3 is 0 Å². The third-order valence-electron chi connectivity index (χ3n) is 3.30. The molecule has 21 heavy (non-hydrogen) atoms. The summed E-state index contributed by atoms with van der Waals surface area (Å²) in [6.07, 6.45) is 5.59. The maximum Gasteiger partial charge on any atom is 0.286 e. The van der Waals surface area contributed by atoms with Crippen LogP contribution in [0.2, 0.25) is 0 Å². The fourth-order valence-electron chi connectivity index (χ4n) is 2.48. The number of hydrogen-bond acceptors (Lipinski definition) is 5. The van der Waals surface area contributed by atoms with E-state index in [0.717, 1.165) is 23.8 Å². The summed E-state index contributed by atoms with van der Waals surface area (Å²) < 4.78 is 5.71. The van der Waals surface area contributed by atoms with E-state index >= 15 is 0 Å². The first-order valence-corrected chi connectivity index (χ1v) is 7.76. The summed E-state index contributed by atoms with van der Waals surface area (Å²) in [6, 6.07) is 3.75. The lowest BCUT2D eigenvalue weighted by Gasteiger charge is -2.35. The highest BCUT2D eigenvalue weighted by molar-refractivity contribution is 8.18. The standard InChI is InChI=1S/C15H17N3O2S/c1-10-8-18(9-11(2)20-10)15-17-14(19)13(21-15)7-12-3-5-16-6-4-12/h3-7,10-11H,8-9H2,1-2H3/b13-7+/t10-,11+. The van der Waals surface area contributed by atoms with Crippen molar-refractivity contribution in [3.63, 3.8) is 0 Å². The lowest BCUT2D eigenvalue weighted by molar-refractivity contribution is -0.113. The Morgan fingerprint density at radius 1 is 1.29 bits per heavy atom. The van der Waals surface area contributed by atoms with Gasteiger partial charge < -0.3 is 9.64 Å². The number of thioether (sulfide) groups is 1. The highest BCUT2D eigenvalue weighted by atomic mass is 32.2. The maximum absolute atomic E-state index is 12.0. The monoisotopic (exact) mass is 303 g/mol. The van der Waals surface area contributed by atoms with E-state index in [0.29, 0.717) is 4.91 Å². The molecule has 5 nitrogen and oxygen atoms in total. The molecule has 1 saturated heterocycles. The predicted octanol–water partition coefficient (Wildman–Crippen LogP) is 2.16. The molecule has 0 aromatic carbocycles. The summed E-state index contributed by atoms with van der Waals surface area (Å²) >= 11 is 1.44. The number of carbonyl (C=O) groups is 1. The Kier molecular flexibility index (Phi) is 4.07. The number of amides is 1. The number of ether oxygens (including phenoxy) is 1. The van der Waals surface area contributed by atoms with Gasteiger partial charge in [-0.2, -0.15) is 4.99 Å². The van der Waals surface area contributed by atoms with Gasteiger partial charge in [0.25, 0.3) is 5.91 Å². The second-order valence-electron chi connectivity index (χ2n) is 5.25. The molecule has 0 N–H and O–H groups in total. The molecular weight excluding hydrogens is 286 g/mol. The summed E-state index contributed by atoms with van der Waals surface area (Å²) in [6.45, 7) is 5.62. The quantitative estimate of drug-likeness (QED) is 0.744. The minimum atomic E-state index is -0.168. The SMILES string of the molecule is C[C@@H]1CN(C2=NC(=O)/C(=C\c3ccncc3)S2)C[C@H](C)O1. The Balaban J connectivity index is 1.74. The molecule has 3 rings (SSSR count). The number of carbonyl (C=O) groups excluding carboxylic acids is 1. The summed E-state index contributed by atoms with van der Waals surface area (Å²) in [7, 11) is 0. The molecule has 2 atom stereocenters. The van der Waals surface area contributed by atoms with Gasteiger partial charge in [-0.05, 0) is 49.4 Å².